The summed E-state index contributed by atoms with van der Waals surface area (Å²) < 4.78 is 5.66. The number of carboxylic acids is 1. The van der Waals surface area contributed by atoms with E-state index in [1.165, 1.54) is 0 Å². The van der Waals surface area contributed by atoms with Crippen molar-refractivity contribution in [1.82, 2.24) is 10.3 Å². The molecule has 1 unspecified atom stereocenters. The summed E-state index contributed by atoms with van der Waals surface area (Å²) in [5.41, 5.74) is 2.15. The number of aromatic nitrogens is 1. The van der Waals surface area contributed by atoms with Crippen LogP contribution in [0.4, 0.5) is 0 Å². The van der Waals surface area contributed by atoms with Gasteiger partial charge in [-0.3, -0.25) is 9.78 Å². The van der Waals surface area contributed by atoms with Crippen LogP contribution in [0.3, 0.4) is 0 Å². The average molecular weight is 376 g/mol. The van der Waals surface area contributed by atoms with Crippen molar-refractivity contribution in [3.8, 4) is 5.75 Å². The third-order valence-electron chi connectivity index (χ3n) is 4.13. The Morgan fingerprint density at radius 2 is 1.68 bits per heavy atom. The highest BCUT2D eigenvalue weighted by Gasteiger charge is 2.21. The molecule has 6 heteroatoms. The molecule has 1 aromatic heterocycles. The number of ether oxygens (including phenoxy) is 1. The minimum absolute atomic E-state index is 0.216. The van der Waals surface area contributed by atoms with Crippen LogP contribution in [0.15, 0.2) is 79.1 Å². The van der Waals surface area contributed by atoms with Gasteiger partial charge in [0.25, 0.3) is 5.91 Å². The number of carbonyl (C=O) groups is 2. The monoisotopic (exact) mass is 376 g/mol. The number of aliphatic carboxylic acids is 1. The van der Waals surface area contributed by atoms with Gasteiger partial charge in [-0.2, -0.15) is 0 Å². The van der Waals surface area contributed by atoms with E-state index in [0.717, 1.165) is 11.1 Å². The van der Waals surface area contributed by atoms with Gasteiger partial charge in [-0.15, -0.1) is 0 Å². The van der Waals surface area contributed by atoms with Gasteiger partial charge in [0, 0.05) is 29.9 Å². The molecule has 0 saturated heterocycles. The van der Waals surface area contributed by atoms with Crippen molar-refractivity contribution in [2.75, 3.05) is 0 Å². The van der Waals surface area contributed by atoms with Crippen molar-refractivity contribution in [2.24, 2.45) is 0 Å². The molecule has 3 aromatic rings. The number of pyridine rings is 1. The molecule has 2 aromatic carbocycles. The molecule has 1 heterocycles. The minimum Gasteiger partial charge on any atom is -0.489 e. The summed E-state index contributed by atoms with van der Waals surface area (Å²) in [6.07, 6.45) is 3.63. The van der Waals surface area contributed by atoms with Gasteiger partial charge in [0.1, 0.15) is 18.4 Å². The number of carboxylic acid groups (broad SMARTS) is 1. The van der Waals surface area contributed by atoms with Crippen molar-refractivity contribution < 1.29 is 19.4 Å². The van der Waals surface area contributed by atoms with E-state index < -0.39 is 17.9 Å². The lowest BCUT2D eigenvalue weighted by atomic mass is 10.1. The van der Waals surface area contributed by atoms with Gasteiger partial charge in [0.2, 0.25) is 0 Å². The third-order valence-corrected chi connectivity index (χ3v) is 4.13. The van der Waals surface area contributed by atoms with Gasteiger partial charge in [-0.25, -0.2) is 4.79 Å². The summed E-state index contributed by atoms with van der Waals surface area (Å²) in [4.78, 5) is 27.9. The maximum atomic E-state index is 12.4. The van der Waals surface area contributed by atoms with Crippen LogP contribution < -0.4 is 10.1 Å². The van der Waals surface area contributed by atoms with Crippen molar-refractivity contribution in [2.45, 2.75) is 19.1 Å². The number of hydrogen-bond acceptors (Lipinski definition) is 4. The molecule has 0 aliphatic carbocycles. The van der Waals surface area contributed by atoms with Crippen LogP contribution in [0, 0.1) is 0 Å². The first-order valence-electron chi connectivity index (χ1n) is 8.81. The molecular weight excluding hydrogens is 356 g/mol. The highest BCUT2D eigenvalue weighted by Crippen LogP contribution is 2.14. The Morgan fingerprint density at radius 1 is 0.964 bits per heavy atom. The van der Waals surface area contributed by atoms with E-state index in [4.69, 9.17) is 4.74 Å². The molecule has 0 radical (unpaired) electrons. The van der Waals surface area contributed by atoms with E-state index >= 15 is 0 Å². The lowest BCUT2D eigenvalue weighted by molar-refractivity contribution is -0.139. The summed E-state index contributed by atoms with van der Waals surface area (Å²) in [6, 6.07) is 18.5. The molecule has 142 valence electrons. The minimum atomic E-state index is -1.08. The first kappa shape index (κ1) is 19.1. The Labute approximate surface area is 162 Å². The zero-order chi connectivity index (χ0) is 19.8. The highest BCUT2D eigenvalue weighted by atomic mass is 16.5. The zero-order valence-electron chi connectivity index (χ0n) is 15.1. The molecule has 28 heavy (non-hydrogen) atoms. The number of nitrogens with zero attached hydrogens (tertiary/aromatic N) is 1. The van der Waals surface area contributed by atoms with Crippen molar-refractivity contribution in [1.29, 1.82) is 0 Å². The summed E-state index contributed by atoms with van der Waals surface area (Å²) in [5, 5.41) is 12.0. The maximum Gasteiger partial charge on any atom is 0.326 e. The van der Waals surface area contributed by atoms with Gasteiger partial charge in [0.05, 0.1) is 0 Å². The molecule has 3 rings (SSSR count). The van der Waals surface area contributed by atoms with E-state index in [2.05, 4.69) is 10.3 Å². The molecule has 0 spiro atoms. The molecule has 1 atom stereocenters. The molecule has 0 bridgehead atoms. The third kappa shape index (κ3) is 5.41. The van der Waals surface area contributed by atoms with E-state index in [1.54, 1.807) is 36.7 Å². The topological polar surface area (TPSA) is 88.5 Å². The quantitative estimate of drug-likeness (QED) is 0.631. The van der Waals surface area contributed by atoms with Crippen LogP contribution in [0.25, 0.3) is 0 Å². The second-order valence-corrected chi connectivity index (χ2v) is 6.23. The van der Waals surface area contributed by atoms with Gasteiger partial charge in [-0.1, -0.05) is 36.4 Å². The SMILES string of the molecule is O=C(NC(Cc1ccccc1)C(=O)O)c1ccc(OCc2cccnc2)cc1. The largest absolute Gasteiger partial charge is 0.489 e. The number of hydrogen-bond donors (Lipinski definition) is 2. The fraction of sp³-hybridized carbons (Fsp3) is 0.136. The number of nitrogens with one attached hydrogen (secondary N) is 1. The van der Waals surface area contributed by atoms with Crippen LogP contribution in [0.5, 0.6) is 5.75 Å². The number of benzene rings is 2. The molecule has 0 aliphatic heterocycles. The van der Waals surface area contributed by atoms with Crippen molar-refractivity contribution in [3.63, 3.8) is 0 Å². The Hall–Kier alpha value is -3.67. The summed E-state index contributed by atoms with van der Waals surface area (Å²) in [5.74, 6) is -0.907. The van der Waals surface area contributed by atoms with Gasteiger partial charge in [-0.05, 0) is 35.9 Å². The van der Waals surface area contributed by atoms with Crippen molar-refractivity contribution >= 4 is 11.9 Å². The first-order valence-corrected chi connectivity index (χ1v) is 8.81. The van der Waals surface area contributed by atoms with Crippen LogP contribution in [0.2, 0.25) is 0 Å². The first-order chi connectivity index (χ1) is 13.6. The van der Waals surface area contributed by atoms with Crippen molar-refractivity contribution in [3.05, 3.63) is 95.8 Å². The normalized spacial score (nSPS) is 11.4. The number of amides is 1. The predicted octanol–water partition coefficient (Wildman–Crippen LogP) is 3.09. The fourth-order valence-corrected chi connectivity index (χ4v) is 2.64. The molecule has 1 amide bonds. The average Bonchev–Trinajstić information content (AvgIpc) is 2.73. The van der Waals surface area contributed by atoms with Gasteiger partial charge >= 0.3 is 5.97 Å². The van der Waals surface area contributed by atoms with Crippen LogP contribution >= 0.6 is 0 Å². The molecule has 6 nitrogen and oxygen atoms in total. The molecule has 0 saturated carbocycles. The predicted molar refractivity (Wildman–Crippen MR) is 104 cm³/mol. The zero-order valence-corrected chi connectivity index (χ0v) is 15.1. The molecule has 0 fully saturated rings. The number of rotatable bonds is 8. The Kier molecular flexibility index (Phi) is 6.36. The number of carbonyl (C=O) groups excluding carboxylic acids is 1. The molecule has 2 N–H and O–H groups in total. The Bertz CT molecular complexity index is 912. The van der Waals surface area contributed by atoms with Crippen LogP contribution in [-0.2, 0) is 17.8 Å². The maximum absolute atomic E-state index is 12.4. The highest BCUT2D eigenvalue weighted by molar-refractivity contribution is 5.96. The van der Waals surface area contributed by atoms with E-state index in [0.29, 0.717) is 17.9 Å². The second-order valence-electron chi connectivity index (χ2n) is 6.23. The van der Waals surface area contributed by atoms with E-state index in [9.17, 15) is 14.7 Å². The Balaban J connectivity index is 1.59. The fourth-order valence-electron chi connectivity index (χ4n) is 2.64. The summed E-state index contributed by atoms with van der Waals surface area (Å²) in [6.45, 7) is 0.373. The summed E-state index contributed by atoms with van der Waals surface area (Å²) >= 11 is 0. The van der Waals surface area contributed by atoms with Gasteiger partial charge < -0.3 is 15.2 Å². The standard InChI is InChI=1S/C22H20N2O4/c25-21(24-20(22(26)27)13-16-5-2-1-3-6-16)18-8-10-19(11-9-18)28-15-17-7-4-12-23-14-17/h1-12,14,20H,13,15H2,(H,24,25)(H,26,27). The van der Waals surface area contributed by atoms with E-state index in [-0.39, 0.29) is 6.42 Å². The summed E-state index contributed by atoms with van der Waals surface area (Å²) in [7, 11) is 0. The van der Waals surface area contributed by atoms with E-state index in [1.807, 2.05) is 42.5 Å². The lowest BCUT2D eigenvalue weighted by Gasteiger charge is -2.15. The van der Waals surface area contributed by atoms with Crippen LogP contribution in [-0.4, -0.2) is 28.0 Å². The Morgan fingerprint density at radius 3 is 2.32 bits per heavy atom. The van der Waals surface area contributed by atoms with Crippen LogP contribution in [0.1, 0.15) is 21.5 Å². The molecule has 0 aliphatic rings. The molecular formula is C22H20N2O4. The lowest BCUT2D eigenvalue weighted by Crippen LogP contribution is -2.42. The van der Waals surface area contributed by atoms with Gasteiger partial charge in [0.15, 0.2) is 0 Å². The second kappa shape index (κ2) is 9.32. The smallest absolute Gasteiger partial charge is 0.326 e.